The highest BCUT2D eigenvalue weighted by molar-refractivity contribution is 6.31. The molecule has 1 aromatic rings. The van der Waals surface area contributed by atoms with Gasteiger partial charge in [-0.15, -0.1) is 0 Å². The van der Waals surface area contributed by atoms with Crippen molar-refractivity contribution in [1.82, 2.24) is 10.3 Å². The van der Waals surface area contributed by atoms with E-state index in [-0.39, 0.29) is 0 Å². The number of piperidine rings is 1. The van der Waals surface area contributed by atoms with E-state index < -0.39 is 0 Å². The molecule has 0 aromatic carbocycles. The summed E-state index contributed by atoms with van der Waals surface area (Å²) in [6.45, 7) is 7.68. The fourth-order valence-corrected chi connectivity index (χ4v) is 2.81. The van der Waals surface area contributed by atoms with Gasteiger partial charge in [-0.25, -0.2) is 4.98 Å². The van der Waals surface area contributed by atoms with Crippen molar-refractivity contribution in [2.24, 2.45) is 5.41 Å². The van der Waals surface area contributed by atoms with Gasteiger partial charge in [0.25, 0.3) is 0 Å². The van der Waals surface area contributed by atoms with E-state index in [0.29, 0.717) is 11.5 Å². The highest BCUT2D eigenvalue weighted by Crippen LogP contribution is 2.32. The van der Waals surface area contributed by atoms with Crippen LogP contribution in [0, 0.1) is 5.41 Å². The molecule has 0 bridgehead atoms. The molecule has 20 heavy (non-hydrogen) atoms. The van der Waals surface area contributed by atoms with Crippen molar-refractivity contribution in [3.05, 3.63) is 22.8 Å². The van der Waals surface area contributed by atoms with Gasteiger partial charge in [0, 0.05) is 25.7 Å². The van der Waals surface area contributed by atoms with Crippen LogP contribution < -0.4 is 10.2 Å². The van der Waals surface area contributed by atoms with Crippen LogP contribution >= 0.6 is 11.6 Å². The van der Waals surface area contributed by atoms with Gasteiger partial charge in [-0.05, 0) is 43.2 Å². The third-order valence-corrected chi connectivity index (χ3v) is 4.82. The van der Waals surface area contributed by atoms with Crippen LogP contribution in [0.4, 0.5) is 5.82 Å². The molecule has 3 nitrogen and oxygen atoms in total. The molecule has 1 aliphatic carbocycles. The first kappa shape index (κ1) is 14.2. The molecular formula is C16H24ClN3. The van der Waals surface area contributed by atoms with Gasteiger partial charge in [-0.1, -0.05) is 25.4 Å². The first-order valence-electron chi connectivity index (χ1n) is 7.67. The molecule has 1 saturated heterocycles. The van der Waals surface area contributed by atoms with Crippen LogP contribution in [0.3, 0.4) is 0 Å². The molecule has 3 rings (SSSR count). The lowest BCUT2D eigenvalue weighted by Gasteiger charge is -2.37. The van der Waals surface area contributed by atoms with E-state index in [1.165, 1.54) is 25.7 Å². The van der Waals surface area contributed by atoms with Crippen LogP contribution in [0.25, 0.3) is 0 Å². The average Bonchev–Trinajstić information content (AvgIpc) is 3.22. The molecular weight excluding hydrogens is 270 g/mol. The largest absolute Gasteiger partial charge is 0.357 e. The number of rotatable bonds is 4. The van der Waals surface area contributed by atoms with E-state index in [1.54, 1.807) is 0 Å². The van der Waals surface area contributed by atoms with Crippen LogP contribution in [0.1, 0.15) is 45.2 Å². The van der Waals surface area contributed by atoms with Crippen LogP contribution in [0.2, 0.25) is 5.02 Å². The van der Waals surface area contributed by atoms with Crippen molar-refractivity contribution in [2.75, 3.05) is 18.0 Å². The third kappa shape index (κ3) is 3.44. The lowest BCUT2D eigenvalue weighted by atomic mass is 9.83. The van der Waals surface area contributed by atoms with Gasteiger partial charge in [-0.3, -0.25) is 0 Å². The van der Waals surface area contributed by atoms with Crippen LogP contribution in [0.15, 0.2) is 12.1 Å². The monoisotopic (exact) mass is 293 g/mol. The molecule has 0 spiro atoms. The Morgan fingerprint density at radius 3 is 2.65 bits per heavy atom. The third-order valence-electron chi connectivity index (χ3n) is 4.48. The average molecular weight is 294 g/mol. The van der Waals surface area contributed by atoms with Gasteiger partial charge in [0.15, 0.2) is 0 Å². The van der Waals surface area contributed by atoms with Crippen molar-refractivity contribution in [3.8, 4) is 0 Å². The minimum absolute atomic E-state index is 0.472. The second kappa shape index (κ2) is 5.53. The summed E-state index contributed by atoms with van der Waals surface area (Å²) in [4.78, 5) is 7.17. The summed E-state index contributed by atoms with van der Waals surface area (Å²) in [5, 5.41) is 4.27. The number of hydrogen-bond acceptors (Lipinski definition) is 3. The van der Waals surface area contributed by atoms with Crippen molar-refractivity contribution in [2.45, 2.75) is 52.1 Å². The zero-order chi connectivity index (χ0) is 14.2. The molecule has 1 aromatic heterocycles. The van der Waals surface area contributed by atoms with Gasteiger partial charge in [0.05, 0.1) is 10.7 Å². The lowest BCUT2D eigenvalue weighted by molar-refractivity contribution is 0.279. The maximum Gasteiger partial charge on any atom is 0.128 e. The summed E-state index contributed by atoms with van der Waals surface area (Å²) in [5.74, 6) is 1.08. The molecule has 1 saturated carbocycles. The first-order chi connectivity index (χ1) is 9.53. The topological polar surface area (TPSA) is 28.2 Å². The molecule has 110 valence electrons. The van der Waals surface area contributed by atoms with Crippen molar-refractivity contribution in [1.29, 1.82) is 0 Å². The Kier molecular flexibility index (Phi) is 3.91. The number of nitrogens with zero attached hydrogens (tertiary/aromatic N) is 2. The second-order valence-electron chi connectivity index (χ2n) is 6.90. The maximum atomic E-state index is 6.26. The number of hydrogen-bond donors (Lipinski definition) is 1. The molecule has 1 N–H and O–H groups in total. The molecule has 2 fully saturated rings. The second-order valence-corrected chi connectivity index (χ2v) is 7.31. The standard InChI is InChI=1S/C16H24ClN3/c1-16(2)7-9-20(10-8-16)15-6-5-13(17)14(19-15)11-18-12-3-4-12/h5-6,12,18H,3-4,7-11H2,1-2H3. The fourth-order valence-electron chi connectivity index (χ4n) is 2.64. The Labute approximate surface area is 126 Å². The van der Waals surface area contributed by atoms with Crippen molar-refractivity contribution >= 4 is 17.4 Å². The molecule has 1 aliphatic heterocycles. The van der Waals surface area contributed by atoms with Gasteiger partial charge in [0.1, 0.15) is 5.82 Å². The van der Waals surface area contributed by atoms with E-state index in [9.17, 15) is 0 Å². The summed E-state index contributed by atoms with van der Waals surface area (Å²) in [7, 11) is 0. The van der Waals surface area contributed by atoms with E-state index in [2.05, 4.69) is 30.1 Å². The number of anilines is 1. The maximum absolute atomic E-state index is 6.26. The normalized spacial score (nSPS) is 22.1. The van der Waals surface area contributed by atoms with Crippen molar-refractivity contribution in [3.63, 3.8) is 0 Å². The zero-order valence-electron chi connectivity index (χ0n) is 12.5. The Morgan fingerprint density at radius 2 is 2.00 bits per heavy atom. The van der Waals surface area contributed by atoms with Crippen LogP contribution in [0.5, 0.6) is 0 Å². The summed E-state index contributed by atoms with van der Waals surface area (Å²) in [6.07, 6.45) is 5.04. The number of pyridine rings is 1. The summed E-state index contributed by atoms with van der Waals surface area (Å²) in [6, 6.07) is 4.74. The van der Waals surface area contributed by atoms with Crippen molar-refractivity contribution < 1.29 is 0 Å². The van der Waals surface area contributed by atoms with E-state index in [0.717, 1.165) is 36.2 Å². The zero-order valence-corrected chi connectivity index (χ0v) is 13.2. The Hall–Kier alpha value is -0.800. The Bertz CT molecular complexity index is 473. The van der Waals surface area contributed by atoms with E-state index in [4.69, 9.17) is 16.6 Å². The Morgan fingerprint density at radius 1 is 1.30 bits per heavy atom. The molecule has 0 atom stereocenters. The Balaban J connectivity index is 1.68. The lowest BCUT2D eigenvalue weighted by Crippen LogP contribution is -2.37. The first-order valence-corrected chi connectivity index (χ1v) is 8.05. The quantitative estimate of drug-likeness (QED) is 0.919. The number of nitrogens with one attached hydrogen (secondary N) is 1. The van der Waals surface area contributed by atoms with Crippen LogP contribution in [-0.4, -0.2) is 24.1 Å². The molecule has 0 radical (unpaired) electrons. The number of aromatic nitrogens is 1. The minimum atomic E-state index is 0.472. The molecule has 2 aliphatic rings. The van der Waals surface area contributed by atoms with Gasteiger partial charge in [0.2, 0.25) is 0 Å². The van der Waals surface area contributed by atoms with Gasteiger partial charge < -0.3 is 10.2 Å². The predicted molar refractivity (Wildman–Crippen MR) is 84.3 cm³/mol. The molecule has 0 amide bonds. The molecule has 0 unspecified atom stereocenters. The molecule has 2 heterocycles. The number of halogens is 1. The van der Waals surface area contributed by atoms with Crippen LogP contribution in [-0.2, 0) is 6.54 Å². The molecule has 4 heteroatoms. The SMILES string of the molecule is CC1(C)CCN(c2ccc(Cl)c(CNC3CC3)n2)CC1. The summed E-state index contributed by atoms with van der Waals surface area (Å²) >= 11 is 6.26. The van der Waals surface area contributed by atoms with Gasteiger partial charge >= 0.3 is 0 Å². The predicted octanol–water partition coefficient (Wildman–Crippen LogP) is 3.61. The smallest absolute Gasteiger partial charge is 0.128 e. The summed E-state index contributed by atoms with van der Waals surface area (Å²) in [5.41, 5.74) is 1.46. The minimum Gasteiger partial charge on any atom is -0.357 e. The van der Waals surface area contributed by atoms with Gasteiger partial charge in [-0.2, -0.15) is 0 Å². The summed E-state index contributed by atoms with van der Waals surface area (Å²) < 4.78 is 0. The highest BCUT2D eigenvalue weighted by Gasteiger charge is 2.26. The fraction of sp³-hybridized carbons (Fsp3) is 0.688. The van der Waals surface area contributed by atoms with E-state index in [1.807, 2.05) is 6.07 Å². The van der Waals surface area contributed by atoms with E-state index >= 15 is 0 Å². The highest BCUT2D eigenvalue weighted by atomic mass is 35.5.